The summed E-state index contributed by atoms with van der Waals surface area (Å²) in [6.45, 7) is 2.35. The van der Waals surface area contributed by atoms with E-state index in [2.05, 4.69) is 31.5 Å². The van der Waals surface area contributed by atoms with Gasteiger partial charge >= 0.3 is 0 Å². The van der Waals surface area contributed by atoms with E-state index >= 15 is 0 Å². The molecular formula is C39H36BrClN6O5S4. The van der Waals surface area contributed by atoms with Gasteiger partial charge in [-0.2, -0.15) is 8.61 Å². The van der Waals surface area contributed by atoms with E-state index in [1.165, 1.54) is 27.0 Å². The fourth-order valence-electron chi connectivity index (χ4n) is 6.67. The van der Waals surface area contributed by atoms with Gasteiger partial charge in [0.15, 0.2) is 10.3 Å². The Hall–Kier alpha value is -3.71. The Balaban J connectivity index is 0.851. The zero-order chi connectivity index (χ0) is 38.9. The lowest BCUT2D eigenvalue weighted by Gasteiger charge is -2.26. The number of aromatic nitrogens is 2. The summed E-state index contributed by atoms with van der Waals surface area (Å²) >= 11 is 13.1. The topological polar surface area (TPSA) is 134 Å². The number of hydrogen-bond donors (Lipinski definition) is 2. The molecule has 0 saturated carbocycles. The van der Waals surface area contributed by atoms with Crippen LogP contribution in [-0.4, -0.2) is 74.8 Å². The molecule has 290 valence electrons. The monoisotopic (exact) mass is 910 g/mol. The van der Waals surface area contributed by atoms with E-state index in [-0.39, 0.29) is 15.7 Å². The van der Waals surface area contributed by atoms with Crippen LogP contribution in [-0.2, 0) is 31.2 Å². The Morgan fingerprint density at radius 3 is 1.82 bits per heavy atom. The first-order valence-corrected chi connectivity index (χ1v) is 23.6. The van der Waals surface area contributed by atoms with Gasteiger partial charge < -0.3 is 15.4 Å². The number of nitrogens with zero attached hydrogens (tertiary/aromatic N) is 4. The molecule has 0 amide bonds. The molecule has 2 fully saturated rings. The third-order valence-electron chi connectivity index (χ3n) is 9.71. The standard InChI is InChI=1S/C39H36BrClN6O5S4/c40-30-6-9-31(10-7-30)42-38-44-36(24-53-38)28-4-13-34(14-5-28)56(50,51)47-16-15-26(23-47)21-29-1-8-32(22-35(29)41)43-39-45-37(25-54-39)27-2-11-33(12-3-27)55(48,49)46-17-19-52-20-18-46/h1-14,22,24-26H,15-21,23H2,(H,42,44)(H,43,45). The van der Waals surface area contributed by atoms with Crippen LogP contribution in [0.15, 0.2) is 116 Å². The zero-order valence-electron chi connectivity index (χ0n) is 29.8. The molecule has 2 saturated heterocycles. The van der Waals surface area contributed by atoms with Gasteiger partial charge in [0.05, 0.1) is 34.4 Å². The Morgan fingerprint density at radius 1 is 0.714 bits per heavy atom. The summed E-state index contributed by atoms with van der Waals surface area (Å²) < 4.78 is 62.6. The lowest BCUT2D eigenvalue weighted by Crippen LogP contribution is -2.40. The van der Waals surface area contributed by atoms with Crippen LogP contribution in [0.1, 0.15) is 12.0 Å². The van der Waals surface area contributed by atoms with E-state index in [1.807, 2.05) is 53.2 Å². The molecule has 1 unspecified atom stereocenters. The van der Waals surface area contributed by atoms with Crippen molar-refractivity contribution in [2.75, 3.05) is 50.0 Å². The van der Waals surface area contributed by atoms with Crippen LogP contribution in [0.25, 0.3) is 22.5 Å². The van der Waals surface area contributed by atoms with Gasteiger partial charge in [0.1, 0.15) is 0 Å². The predicted molar refractivity (Wildman–Crippen MR) is 227 cm³/mol. The molecule has 4 heterocycles. The maximum Gasteiger partial charge on any atom is 0.243 e. The highest BCUT2D eigenvalue weighted by Crippen LogP contribution is 2.34. The number of morpholine rings is 1. The number of benzene rings is 4. The maximum atomic E-state index is 13.6. The van der Waals surface area contributed by atoms with E-state index in [9.17, 15) is 16.8 Å². The second-order valence-corrected chi connectivity index (χ2v) is 20.3. The van der Waals surface area contributed by atoms with Crippen LogP contribution in [0.3, 0.4) is 0 Å². The summed E-state index contributed by atoms with van der Waals surface area (Å²) in [7, 11) is -7.24. The van der Waals surface area contributed by atoms with Crippen molar-refractivity contribution >= 4 is 91.9 Å². The predicted octanol–water partition coefficient (Wildman–Crippen LogP) is 9.11. The average Bonchev–Trinajstić information content (AvgIpc) is 4.00. The Labute approximate surface area is 347 Å². The molecule has 11 nitrogen and oxygen atoms in total. The van der Waals surface area contributed by atoms with Gasteiger partial charge in [-0.05, 0) is 85.0 Å². The number of anilines is 4. The van der Waals surface area contributed by atoms with Crippen molar-refractivity contribution < 1.29 is 21.6 Å². The molecule has 0 aliphatic carbocycles. The van der Waals surface area contributed by atoms with E-state index in [0.717, 1.165) is 55.5 Å². The SMILES string of the molecule is O=S(=O)(c1ccc(-c2csc(Nc3ccc(CC4CCN(S(=O)(=O)c5ccc(-c6csc(Nc7ccc(Br)cc7)n6)cc5)C4)c(Cl)c3)n2)cc1)N1CCOCC1. The summed E-state index contributed by atoms with van der Waals surface area (Å²) in [4.78, 5) is 9.90. The first kappa shape index (κ1) is 39.1. The molecule has 0 bridgehead atoms. The van der Waals surface area contributed by atoms with Gasteiger partial charge in [0.2, 0.25) is 20.0 Å². The van der Waals surface area contributed by atoms with Gasteiger partial charge in [-0.3, -0.25) is 0 Å². The highest BCUT2D eigenvalue weighted by molar-refractivity contribution is 9.10. The highest BCUT2D eigenvalue weighted by Gasteiger charge is 2.33. The first-order chi connectivity index (χ1) is 27.0. The molecule has 2 aromatic heterocycles. The van der Waals surface area contributed by atoms with E-state index in [1.54, 1.807) is 52.8 Å². The molecule has 2 N–H and O–H groups in total. The molecule has 8 rings (SSSR count). The number of hydrogen-bond acceptors (Lipinski definition) is 11. The van der Waals surface area contributed by atoms with Crippen molar-refractivity contribution in [3.05, 3.63) is 117 Å². The minimum atomic E-state index is -3.67. The van der Waals surface area contributed by atoms with Crippen molar-refractivity contribution in [1.82, 2.24) is 18.6 Å². The van der Waals surface area contributed by atoms with E-state index in [0.29, 0.717) is 56.0 Å². The van der Waals surface area contributed by atoms with Gasteiger partial charge in [0.25, 0.3) is 0 Å². The first-order valence-electron chi connectivity index (χ1n) is 17.8. The minimum Gasteiger partial charge on any atom is -0.379 e. The van der Waals surface area contributed by atoms with Crippen LogP contribution in [0, 0.1) is 5.92 Å². The molecule has 0 spiro atoms. The van der Waals surface area contributed by atoms with E-state index < -0.39 is 20.0 Å². The number of ether oxygens (including phenoxy) is 1. The van der Waals surface area contributed by atoms with Crippen molar-refractivity contribution in [3.63, 3.8) is 0 Å². The fourth-order valence-corrected chi connectivity index (χ4v) is 11.6. The second-order valence-electron chi connectivity index (χ2n) is 13.4. The van der Waals surface area contributed by atoms with Crippen LogP contribution >= 0.6 is 50.2 Å². The summed E-state index contributed by atoms with van der Waals surface area (Å²) in [5, 5.41) is 12.5. The molecular weight excluding hydrogens is 876 g/mol. The van der Waals surface area contributed by atoms with Crippen molar-refractivity contribution in [1.29, 1.82) is 0 Å². The zero-order valence-corrected chi connectivity index (χ0v) is 35.4. The van der Waals surface area contributed by atoms with Crippen LogP contribution in [0.2, 0.25) is 5.02 Å². The summed E-state index contributed by atoms with van der Waals surface area (Å²) in [5.41, 5.74) is 5.82. The molecule has 56 heavy (non-hydrogen) atoms. The third-order valence-corrected chi connectivity index (χ3v) is 15.9. The van der Waals surface area contributed by atoms with Crippen molar-refractivity contribution in [2.24, 2.45) is 5.92 Å². The number of sulfonamides is 2. The molecule has 1 atom stereocenters. The second kappa shape index (κ2) is 16.6. The molecule has 2 aliphatic heterocycles. The van der Waals surface area contributed by atoms with Crippen molar-refractivity contribution in [2.45, 2.75) is 22.6 Å². The van der Waals surface area contributed by atoms with Crippen molar-refractivity contribution in [3.8, 4) is 22.5 Å². The number of nitrogens with one attached hydrogen (secondary N) is 2. The number of halogens is 2. The number of rotatable bonds is 12. The van der Waals surface area contributed by atoms with Crippen LogP contribution in [0.5, 0.6) is 0 Å². The number of thiazole rings is 2. The Morgan fingerprint density at radius 2 is 1.25 bits per heavy atom. The van der Waals surface area contributed by atoms with E-state index in [4.69, 9.17) is 21.3 Å². The molecule has 17 heteroatoms. The van der Waals surface area contributed by atoms with Gasteiger partial charge in [0, 0.05) is 68.9 Å². The van der Waals surface area contributed by atoms with Gasteiger partial charge in [-0.15, -0.1) is 22.7 Å². The third kappa shape index (κ3) is 8.73. The molecule has 0 radical (unpaired) electrons. The maximum absolute atomic E-state index is 13.6. The largest absolute Gasteiger partial charge is 0.379 e. The minimum absolute atomic E-state index is 0.128. The summed E-state index contributed by atoms with van der Waals surface area (Å²) in [5.74, 6) is 0.128. The normalized spacial score (nSPS) is 16.9. The summed E-state index contributed by atoms with van der Waals surface area (Å²) in [6.07, 6.45) is 1.39. The highest BCUT2D eigenvalue weighted by atomic mass is 79.9. The molecule has 2 aliphatic rings. The molecule has 4 aromatic carbocycles. The lowest BCUT2D eigenvalue weighted by molar-refractivity contribution is 0.0730. The van der Waals surface area contributed by atoms with Crippen LogP contribution in [0.4, 0.5) is 21.6 Å². The fraction of sp³-hybridized carbons (Fsp3) is 0.231. The smallest absolute Gasteiger partial charge is 0.243 e. The van der Waals surface area contributed by atoms with Gasteiger partial charge in [-0.25, -0.2) is 26.8 Å². The van der Waals surface area contributed by atoms with Crippen LogP contribution < -0.4 is 10.6 Å². The van der Waals surface area contributed by atoms with Gasteiger partial charge in [-0.1, -0.05) is 57.9 Å². The summed E-state index contributed by atoms with van der Waals surface area (Å²) in [6, 6.07) is 27.3. The Bertz CT molecular complexity index is 2550. The lowest BCUT2D eigenvalue weighted by atomic mass is 9.98. The molecule has 6 aromatic rings. The quantitative estimate of drug-likeness (QED) is 0.123. The Kier molecular flexibility index (Phi) is 11.6. The average molecular weight is 912 g/mol.